The van der Waals surface area contributed by atoms with E-state index in [0.29, 0.717) is 12.2 Å². The van der Waals surface area contributed by atoms with Gasteiger partial charge >= 0.3 is 0 Å². The van der Waals surface area contributed by atoms with Crippen LogP contribution in [0.1, 0.15) is 85.8 Å². The van der Waals surface area contributed by atoms with Crippen molar-refractivity contribution in [3.05, 3.63) is 87.1 Å². The molecule has 0 amide bonds. The van der Waals surface area contributed by atoms with Gasteiger partial charge in [-0.15, -0.1) is 11.3 Å². The third-order valence-corrected chi connectivity index (χ3v) is 6.51. The third kappa shape index (κ3) is 4.84. The molecule has 1 aromatic heterocycles. The molecular weight excluding hydrogens is 388 g/mol. The van der Waals surface area contributed by atoms with Gasteiger partial charge in [-0.3, -0.25) is 4.79 Å². The number of thiophene rings is 1. The smallest absolute Gasteiger partial charge is 0.163 e. The highest BCUT2D eigenvalue weighted by Gasteiger charge is 2.29. The first-order chi connectivity index (χ1) is 14.0. The van der Waals surface area contributed by atoms with Gasteiger partial charge in [0.1, 0.15) is 5.75 Å². The second-order valence-electron chi connectivity index (χ2n) is 10.0. The minimum absolute atomic E-state index is 0.0412. The van der Waals surface area contributed by atoms with Crippen LogP contribution in [0, 0.1) is 0 Å². The number of hydrogen-bond acceptors (Lipinski definition) is 3. The topological polar surface area (TPSA) is 37.3 Å². The third-order valence-electron chi connectivity index (χ3n) is 5.52. The van der Waals surface area contributed by atoms with E-state index in [0.717, 1.165) is 22.3 Å². The number of carbonyl (C=O) groups excluding carboxylic acids is 1. The Morgan fingerprint density at radius 2 is 1.47 bits per heavy atom. The Bertz CT molecular complexity index is 968. The monoisotopic (exact) mass is 420 g/mol. The summed E-state index contributed by atoms with van der Waals surface area (Å²) in [5.41, 5.74) is 3.28. The van der Waals surface area contributed by atoms with Crippen LogP contribution in [0.5, 0.6) is 5.75 Å². The molecule has 3 aromatic rings. The molecule has 0 aliphatic rings. The van der Waals surface area contributed by atoms with Crippen molar-refractivity contribution in [3.8, 4) is 5.75 Å². The molecule has 1 unspecified atom stereocenters. The van der Waals surface area contributed by atoms with Gasteiger partial charge in [0.15, 0.2) is 5.78 Å². The van der Waals surface area contributed by atoms with E-state index in [4.69, 9.17) is 0 Å². The second-order valence-corrected chi connectivity index (χ2v) is 11.0. The average molecular weight is 421 g/mol. The molecule has 2 aromatic carbocycles. The Kier molecular flexibility index (Phi) is 6.24. The molecular formula is C27H32O2S. The summed E-state index contributed by atoms with van der Waals surface area (Å²) in [6.45, 7) is 12.7. The first-order valence-electron chi connectivity index (χ1n) is 10.5. The summed E-state index contributed by atoms with van der Waals surface area (Å²) < 4.78 is 0. The number of carbonyl (C=O) groups is 1. The second kappa shape index (κ2) is 8.39. The van der Waals surface area contributed by atoms with Gasteiger partial charge in [-0.25, -0.2) is 0 Å². The molecule has 2 nitrogen and oxygen atoms in total. The zero-order valence-electron chi connectivity index (χ0n) is 18.8. The quantitative estimate of drug-likeness (QED) is 0.435. The van der Waals surface area contributed by atoms with E-state index in [1.54, 1.807) is 11.3 Å². The van der Waals surface area contributed by atoms with E-state index in [-0.39, 0.29) is 22.5 Å². The molecule has 1 N–H and O–H groups in total. The molecule has 1 atom stereocenters. The molecule has 0 aliphatic heterocycles. The highest BCUT2D eigenvalue weighted by atomic mass is 32.1. The van der Waals surface area contributed by atoms with Crippen molar-refractivity contribution in [1.29, 1.82) is 0 Å². The number of rotatable bonds is 5. The van der Waals surface area contributed by atoms with Crippen molar-refractivity contribution in [2.24, 2.45) is 0 Å². The zero-order chi connectivity index (χ0) is 22.1. The Morgan fingerprint density at radius 1 is 0.900 bits per heavy atom. The van der Waals surface area contributed by atoms with E-state index in [1.807, 2.05) is 36.4 Å². The van der Waals surface area contributed by atoms with Gasteiger partial charge in [0, 0.05) is 22.8 Å². The fourth-order valence-electron chi connectivity index (χ4n) is 3.80. The standard InChI is InChI=1S/C27H32O2S/c1-26(2,3)21-15-19(16-22(25(21)29)27(4,5)6)20(24-13-10-14-30-24)17-23(28)18-11-8-7-9-12-18/h7-16,20,29H,17H2,1-6H3. The van der Waals surface area contributed by atoms with Gasteiger partial charge in [-0.05, 0) is 39.0 Å². The van der Waals surface area contributed by atoms with Crippen LogP contribution < -0.4 is 0 Å². The Hall–Kier alpha value is -2.39. The van der Waals surface area contributed by atoms with E-state index in [2.05, 4.69) is 65.1 Å². The van der Waals surface area contributed by atoms with Crippen molar-refractivity contribution in [2.45, 2.75) is 64.7 Å². The first-order valence-corrected chi connectivity index (χ1v) is 11.4. The molecule has 0 spiro atoms. The summed E-state index contributed by atoms with van der Waals surface area (Å²) >= 11 is 1.68. The molecule has 30 heavy (non-hydrogen) atoms. The number of phenolic OH excluding ortho intramolecular Hbond substituents is 1. The summed E-state index contributed by atoms with van der Waals surface area (Å²) in [6, 6.07) is 17.9. The molecule has 0 aliphatic carbocycles. The van der Waals surface area contributed by atoms with Crippen molar-refractivity contribution >= 4 is 17.1 Å². The van der Waals surface area contributed by atoms with Gasteiger partial charge in [0.2, 0.25) is 0 Å². The molecule has 158 valence electrons. The number of ketones is 1. The van der Waals surface area contributed by atoms with Gasteiger partial charge in [-0.2, -0.15) is 0 Å². The van der Waals surface area contributed by atoms with Crippen molar-refractivity contribution in [2.75, 3.05) is 0 Å². The number of aromatic hydroxyl groups is 1. The lowest BCUT2D eigenvalue weighted by Crippen LogP contribution is -2.19. The molecule has 0 fully saturated rings. The predicted molar refractivity (Wildman–Crippen MR) is 127 cm³/mol. The van der Waals surface area contributed by atoms with Crippen LogP contribution in [0.2, 0.25) is 0 Å². The van der Waals surface area contributed by atoms with Gasteiger partial charge in [-0.1, -0.05) is 90.1 Å². The van der Waals surface area contributed by atoms with Crippen LogP contribution in [-0.2, 0) is 10.8 Å². The summed E-state index contributed by atoms with van der Waals surface area (Å²) in [4.78, 5) is 14.3. The zero-order valence-corrected chi connectivity index (χ0v) is 19.6. The SMILES string of the molecule is CC(C)(C)c1cc(C(CC(=O)c2ccccc2)c2cccs2)cc(C(C)(C)C)c1O. The number of benzene rings is 2. The highest BCUT2D eigenvalue weighted by molar-refractivity contribution is 7.10. The van der Waals surface area contributed by atoms with Crippen molar-refractivity contribution in [3.63, 3.8) is 0 Å². The molecule has 3 heteroatoms. The molecule has 0 saturated heterocycles. The fourth-order valence-corrected chi connectivity index (χ4v) is 4.66. The van der Waals surface area contributed by atoms with Crippen LogP contribution in [0.25, 0.3) is 0 Å². The van der Waals surface area contributed by atoms with Crippen molar-refractivity contribution < 1.29 is 9.90 Å². The molecule has 3 rings (SSSR count). The molecule has 0 saturated carbocycles. The van der Waals surface area contributed by atoms with Gasteiger partial charge in [0.05, 0.1) is 0 Å². The number of Topliss-reactive ketones (excluding diaryl/α,β-unsaturated/α-hetero) is 1. The summed E-state index contributed by atoms with van der Waals surface area (Å²) in [5.74, 6) is 0.468. The maximum Gasteiger partial charge on any atom is 0.163 e. The predicted octanol–water partition coefficient (Wildman–Crippen LogP) is 7.45. The van der Waals surface area contributed by atoms with Crippen molar-refractivity contribution in [1.82, 2.24) is 0 Å². The van der Waals surface area contributed by atoms with Crippen LogP contribution in [0.4, 0.5) is 0 Å². The lowest BCUT2D eigenvalue weighted by molar-refractivity contribution is 0.0978. The van der Waals surface area contributed by atoms with E-state index in [1.165, 1.54) is 4.88 Å². The largest absolute Gasteiger partial charge is 0.507 e. The van der Waals surface area contributed by atoms with Crippen LogP contribution >= 0.6 is 11.3 Å². The fraction of sp³-hybridized carbons (Fsp3) is 0.370. The first kappa shape index (κ1) is 22.3. The average Bonchev–Trinajstić information content (AvgIpc) is 3.19. The van der Waals surface area contributed by atoms with Crippen LogP contribution in [0.15, 0.2) is 60.0 Å². The summed E-state index contributed by atoms with van der Waals surface area (Å²) in [7, 11) is 0. The Morgan fingerprint density at radius 3 is 1.93 bits per heavy atom. The summed E-state index contributed by atoms with van der Waals surface area (Å²) in [6.07, 6.45) is 0.405. The van der Waals surface area contributed by atoms with E-state index in [9.17, 15) is 9.90 Å². The maximum atomic E-state index is 13.1. The minimum Gasteiger partial charge on any atom is -0.507 e. The summed E-state index contributed by atoms with van der Waals surface area (Å²) in [5, 5.41) is 13.2. The van der Waals surface area contributed by atoms with E-state index < -0.39 is 0 Å². The maximum absolute atomic E-state index is 13.1. The Balaban J connectivity index is 2.15. The van der Waals surface area contributed by atoms with Gasteiger partial charge in [0.25, 0.3) is 0 Å². The molecule has 0 bridgehead atoms. The normalized spacial score (nSPS) is 13.3. The highest BCUT2D eigenvalue weighted by Crippen LogP contribution is 2.43. The van der Waals surface area contributed by atoms with Crippen LogP contribution in [-0.4, -0.2) is 10.9 Å². The number of phenols is 1. The lowest BCUT2D eigenvalue weighted by Gasteiger charge is -2.30. The lowest BCUT2D eigenvalue weighted by atomic mass is 9.76. The van der Waals surface area contributed by atoms with Gasteiger partial charge < -0.3 is 5.11 Å². The van der Waals surface area contributed by atoms with Crippen LogP contribution in [0.3, 0.4) is 0 Å². The molecule has 1 heterocycles. The van der Waals surface area contributed by atoms with E-state index >= 15 is 0 Å². The number of hydrogen-bond donors (Lipinski definition) is 1. The molecule has 0 radical (unpaired) electrons. The minimum atomic E-state index is -0.205. The Labute approximate surface area is 184 Å².